The van der Waals surface area contributed by atoms with Crippen molar-refractivity contribution in [3.05, 3.63) is 59.9 Å². The minimum absolute atomic E-state index is 0.0399. The fourth-order valence-electron chi connectivity index (χ4n) is 4.41. The van der Waals surface area contributed by atoms with E-state index in [1.165, 1.54) is 13.0 Å². The average molecular weight is 559 g/mol. The molecule has 0 spiro atoms. The zero-order chi connectivity index (χ0) is 27.1. The van der Waals surface area contributed by atoms with Crippen molar-refractivity contribution in [1.82, 2.24) is 9.88 Å². The van der Waals surface area contributed by atoms with Gasteiger partial charge in [-0.1, -0.05) is 35.5 Å². The first-order valence-corrected chi connectivity index (χ1v) is 13.2. The second kappa shape index (κ2) is 9.58. The summed E-state index contributed by atoms with van der Waals surface area (Å²) in [6, 6.07) is 11.6. The van der Waals surface area contributed by atoms with Crippen LogP contribution in [0.4, 0.5) is 13.2 Å². The molecular weight excluding hydrogens is 537 g/mol. The molecule has 4 rings (SSSR count). The number of sulfonamides is 1. The van der Waals surface area contributed by atoms with Crippen LogP contribution in [0.5, 0.6) is 0 Å². The maximum Gasteiger partial charge on any atom is 0.452 e. The van der Waals surface area contributed by atoms with E-state index in [0.717, 1.165) is 6.07 Å². The van der Waals surface area contributed by atoms with E-state index in [0.29, 0.717) is 29.4 Å². The Hall–Kier alpha value is -3.23. The second-order valence-electron chi connectivity index (χ2n) is 8.58. The average Bonchev–Trinajstić information content (AvgIpc) is 3.21. The molecule has 0 saturated heterocycles. The Bertz CT molecular complexity index is 1420. The number of aromatic nitrogens is 1. The summed E-state index contributed by atoms with van der Waals surface area (Å²) < 4.78 is 76.3. The molecule has 9 nitrogen and oxygen atoms in total. The largest absolute Gasteiger partial charge is 0.480 e. The van der Waals surface area contributed by atoms with Gasteiger partial charge in [0.2, 0.25) is 5.76 Å². The first-order chi connectivity index (χ1) is 17.3. The fraction of sp³-hybridized carbons (Fsp3) is 0.348. The van der Waals surface area contributed by atoms with Crippen LogP contribution in [0, 0.1) is 0 Å². The van der Waals surface area contributed by atoms with Crippen LogP contribution >= 0.6 is 11.3 Å². The lowest BCUT2D eigenvalue weighted by Gasteiger charge is -2.24. The standard InChI is InChI=1S/C23H21F3N2O7S2/c1-14(29)34-11-5-10-21(15-6-3-2-4-7-15)13-22(21,20(30)31)28-37(32,33)19-9-8-17(36-19)16-12-18(35-27-16)23(24,25)26/h2-4,6-9,12,28H,5,10-11,13H2,1H3,(H,30,31)/t21-,22?/m0/s1. The molecule has 0 amide bonds. The van der Waals surface area contributed by atoms with Crippen molar-refractivity contribution in [2.75, 3.05) is 6.61 Å². The molecule has 0 aliphatic heterocycles. The molecule has 2 aromatic heterocycles. The number of halogens is 3. The van der Waals surface area contributed by atoms with Gasteiger partial charge < -0.3 is 14.4 Å². The lowest BCUT2D eigenvalue weighted by atomic mass is 9.86. The SMILES string of the molecule is CC(=O)OCCC[C@@]1(c2ccccc2)CC1(NS(=O)(=O)c1ccc(-c2cc(C(F)(F)F)on2)s1)C(=O)O. The third-order valence-electron chi connectivity index (χ3n) is 6.20. The number of thiophene rings is 1. The van der Waals surface area contributed by atoms with E-state index in [1.807, 2.05) is 0 Å². The highest BCUT2D eigenvalue weighted by Gasteiger charge is 2.74. The van der Waals surface area contributed by atoms with Gasteiger partial charge in [0, 0.05) is 18.4 Å². The van der Waals surface area contributed by atoms with Crippen LogP contribution in [0.2, 0.25) is 0 Å². The van der Waals surface area contributed by atoms with E-state index in [-0.39, 0.29) is 34.2 Å². The zero-order valence-electron chi connectivity index (χ0n) is 19.2. The third-order valence-corrected chi connectivity index (χ3v) is 9.29. The molecular formula is C23H21F3N2O7S2. The summed E-state index contributed by atoms with van der Waals surface area (Å²) in [5.74, 6) is -3.20. The van der Waals surface area contributed by atoms with Crippen LogP contribution < -0.4 is 4.72 Å². The normalized spacial score (nSPS) is 21.5. The van der Waals surface area contributed by atoms with Crippen LogP contribution in [0.15, 0.2) is 57.3 Å². The molecule has 1 aliphatic rings. The Morgan fingerprint density at radius 3 is 2.51 bits per heavy atom. The number of aliphatic carboxylic acids is 1. The van der Waals surface area contributed by atoms with Crippen molar-refractivity contribution >= 4 is 33.3 Å². The number of ether oxygens (including phenoxy) is 1. The summed E-state index contributed by atoms with van der Waals surface area (Å²) >= 11 is 0.627. The highest BCUT2D eigenvalue weighted by atomic mass is 32.2. The van der Waals surface area contributed by atoms with Gasteiger partial charge in [0.05, 0.1) is 11.5 Å². The molecule has 37 heavy (non-hydrogen) atoms. The van der Waals surface area contributed by atoms with Gasteiger partial charge in [-0.15, -0.1) is 11.3 Å². The Morgan fingerprint density at radius 1 is 1.22 bits per heavy atom. The second-order valence-corrected chi connectivity index (χ2v) is 11.6. The topological polar surface area (TPSA) is 136 Å². The predicted octanol–water partition coefficient (Wildman–Crippen LogP) is 4.21. The van der Waals surface area contributed by atoms with E-state index >= 15 is 0 Å². The van der Waals surface area contributed by atoms with Crippen molar-refractivity contribution in [3.8, 4) is 10.6 Å². The smallest absolute Gasteiger partial charge is 0.452 e. The van der Waals surface area contributed by atoms with Crippen molar-refractivity contribution < 1.29 is 45.5 Å². The summed E-state index contributed by atoms with van der Waals surface area (Å²) in [4.78, 5) is 23.7. The van der Waals surface area contributed by atoms with Crippen LogP contribution in [-0.4, -0.2) is 42.8 Å². The maximum absolute atomic E-state index is 13.3. The number of hydrogen-bond donors (Lipinski definition) is 2. The Balaban J connectivity index is 1.62. The summed E-state index contributed by atoms with van der Waals surface area (Å²) in [5, 5.41) is 13.5. The molecule has 0 radical (unpaired) electrons. The number of hydrogen-bond acceptors (Lipinski definition) is 8. The number of benzene rings is 1. The van der Waals surface area contributed by atoms with Crippen LogP contribution in [0.25, 0.3) is 10.6 Å². The van der Waals surface area contributed by atoms with Gasteiger partial charge in [0.15, 0.2) is 0 Å². The lowest BCUT2D eigenvalue weighted by molar-refractivity contribution is -0.155. The fourth-order valence-corrected chi connectivity index (χ4v) is 7.10. The highest BCUT2D eigenvalue weighted by Crippen LogP contribution is 2.61. The van der Waals surface area contributed by atoms with Crippen LogP contribution in [0.3, 0.4) is 0 Å². The van der Waals surface area contributed by atoms with Gasteiger partial charge in [-0.05, 0) is 37.0 Å². The monoisotopic (exact) mass is 558 g/mol. The number of rotatable bonds is 10. The first-order valence-electron chi connectivity index (χ1n) is 10.9. The number of carbonyl (C=O) groups is 2. The van der Waals surface area contributed by atoms with Crippen LogP contribution in [-0.2, 0) is 35.9 Å². The number of nitrogens with zero attached hydrogens (tertiary/aromatic N) is 1. The molecule has 1 saturated carbocycles. The van der Waals surface area contributed by atoms with Gasteiger partial charge in [-0.2, -0.15) is 17.9 Å². The van der Waals surface area contributed by atoms with Crippen molar-refractivity contribution in [3.63, 3.8) is 0 Å². The van der Waals surface area contributed by atoms with E-state index in [4.69, 9.17) is 4.74 Å². The number of carbonyl (C=O) groups excluding carboxylic acids is 1. The molecule has 1 unspecified atom stereocenters. The number of carboxylic acid groups (broad SMARTS) is 1. The van der Waals surface area contributed by atoms with Crippen molar-refractivity contribution in [2.24, 2.45) is 0 Å². The highest BCUT2D eigenvalue weighted by molar-refractivity contribution is 7.91. The minimum Gasteiger partial charge on any atom is -0.480 e. The number of esters is 1. The van der Waals surface area contributed by atoms with E-state index in [9.17, 15) is 36.3 Å². The molecule has 2 atom stereocenters. The Morgan fingerprint density at radius 2 is 1.92 bits per heavy atom. The Kier molecular flexibility index (Phi) is 6.94. The van der Waals surface area contributed by atoms with Gasteiger partial charge in [-0.3, -0.25) is 9.59 Å². The Labute approximate surface area is 213 Å². The number of carboxylic acids is 1. The van der Waals surface area contributed by atoms with E-state index < -0.39 is 44.9 Å². The molecule has 2 heterocycles. The molecule has 1 aliphatic carbocycles. The van der Waals surface area contributed by atoms with Gasteiger partial charge in [-0.25, -0.2) is 8.42 Å². The molecule has 2 N–H and O–H groups in total. The molecule has 3 aromatic rings. The van der Waals surface area contributed by atoms with Gasteiger partial charge in [0.1, 0.15) is 15.4 Å². The predicted molar refractivity (Wildman–Crippen MR) is 124 cm³/mol. The van der Waals surface area contributed by atoms with Gasteiger partial charge in [0.25, 0.3) is 10.0 Å². The molecule has 14 heteroatoms. The number of nitrogens with one attached hydrogen (secondary N) is 1. The molecule has 1 fully saturated rings. The summed E-state index contributed by atoms with van der Waals surface area (Å²) in [6.07, 6.45) is -4.29. The summed E-state index contributed by atoms with van der Waals surface area (Å²) in [6.45, 7) is 1.29. The van der Waals surface area contributed by atoms with Crippen molar-refractivity contribution in [2.45, 2.75) is 47.5 Å². The minimum atomic E-state index is -4.75. The molecule has 1 aromatic carbocycles. The maximum atomic E-state index is 13.3. The quantitative estimate of drug-likeness (QED) is 0.279. The molecule has 198 valence electrons. The lowest BCUT2D eigenvalue weighted by Crippen LogP contribution is -2.48. The summed E-state index contributed by atoms with van der Waals surface area (Å²) in [5.41, 5.74) is -2.59. The first kappa shape index (κ1) is 26.8. The number of alkyl halides is 3. The molecule has 0 bridgehead atoms. The zero-order valence-corrected chi connectivity index (χ0v) is 20.9. The van der Waals surface area contributed by atoms with Crippen LogP contribution in [0.1, 0.15) is 37.5 Å². The van der Waals surface area contributed by atoms with Gasteiger partial charge >= 0.3 is 18.1 Å². The van der Waals surface area contributed by atoms with Crippen molar-refractivity contribution in [1.29, 1.82) is 0 Å². The van der Waals surface area contributed by atoms with E-state index in [1.54, 1.807) is 30.3 Å². The third kappa shape index (κ3) is 5.13. The summed E-state index contributed by atoms with van der Waals surface area (Å²) in [7, 11) is -4.41. The van der Waals surface area contributed by atoms with E-state index in [2.05, 4.69) is 14.4 Å².